The van der Waals surface area contributed by atoms with Gasteiger partial charge >= 0.3 is 0 Å². The summed E-state index contributed by atoms with van der Waals surface area (Å²) in [4.78, 5) is 16.8. The zero-order valence-electron chi connectivity index (χ0n) is 15.2. The van der Waals surface area contributed by atoms with Crippen molar-refractivity contribution in [2.45, 2.75) is 31.7 Å². The third-order valence-electron chi connectivity index (χ3n) is 4.97. The van der Waals surface area contributed by atoms with Crippen LogP contribution in [0, 0.1) is 12.7 Å². The fourth-order valence-corrected chi connectivity index (χ4v) is 3.05. The number of halogens is 2. The number of carbonyl (C=O) groups is 1. The van der Waals surface area contributed by atoms with Gasteiger partial charge in [-0.05, 0) is 56.0 Å². The first kappa shape index (κ1) is 20.0. The first-order valence-electron chi connectivity index (χ1n) is 8.76. The maximum atomic E-state index is 13.8. The number of rotatable bonds is 4. The number of hydrogen-bond donors (Lipinski definition) is 2. The Morgan fingerprint density at radius 1 is 1.25 bits per heavy atom. The van der Waals surface area contributed by atoms with Crippen LogP contribution >= 0.6 is 12.4 Å². The lowest BCUT2D eigenvalue weighted by molar-refractivity contribution is 0.102. The number of amides is 1. The average Bonchev–Trinajstić information content (AvgIpc) is 3.12. The monoisotopic (exact) mass is 402 g/mol. The van der Waals surface area contributed by atoms with Crippen LogP contribution in [0.5, 0.6) is 0 Å². The van der Waals surface area contributed by atoms with E-state index in [1.165, 1.54) is 18.2 Å². The van der Waals surface area contributed by atoms with E-state index in [-0.39, 0.29) is 18.0 Å². The molecule has 1 aliphatic carbocycles. The van der Waals surface area contributed by atoms with Gasteiger partial charge in [0.1, 0.15) is 5.82 Å². The van der Waals surface area contributed by atoms with Crippen molar-refractivity contribution in [3.8, 4) is 11.5 Å². The Balaban J connectivity index is 0.00000225. The second kappa shape index (κ2) is 7.69. The highest BCUT2D eigenvalue weighted by molar-refractivity contribution is 6.05. The van der Waals surface area contributed by atoms with Crippen LogP contribution < -0.4 is 11.1 Å². The second-order valence-corrected chi connectivity index (χ2v) is 6.90. The molecule has 0 saturated heterocycles. The number of aromatic nitrogens is 2. The molecule has 6 nitrogen and oxygen atoms in total. The third-order valence-corrected chi connectivity index (χ3v) is 4.97. The summed E-state index contributed by atoms with van der Waals surface area (Å²) in [6.45, 7) is 1.85. The minimum absolute atomic E-state index is 0. The highest BCUT2D eigenvalue weighted by Gasteiger charge is 2.39. The molecule has 3 N–H and O–H groups in total. The van der Waals surface area contributed by atoms with E-state index in [1.807, 2.05) is 19.1 Å². The van der Waals surface area contributed by atoms with Crippen LogP contribution in [0.3, 0.4) is 0 Å². The van der Waals surface area contributed by atoms with Gasteiger partial charge in [0.25, 0.3) is 11.8 Å². The molecule has 0 bridgehead atoms. The highest BCUT2D eigenvalue weighted by atomic mass is 35.5. The number of carbonyl (C=O) groups excluding carboxylic acids is 1. The van der Waals surface area contributed by atoms with Gasteiger partial charge < -0.3 is 15.6 Å². The Hall–Kier alpha value is -2.77. The SMILES string of the molecule is Cc1ccc(-c2nc(C3(N)CCC3)no2)cc1NC(=O)c1ccccc1F.Cl. The molecular weight excluding hydrogens is 383 g/mol. The molecule has 0 spiro atoms. The van der Waals surface area contributed by atoms with E-state index >= 15 is 0 Å². The molecular formula is C20H20ClFN4O2. The van der Waals surface area contributed by atoms with E-state index in [9.17, 15) is 9.18 Å². The fourth-order valence-electron chi connectivity index (χ4n) is 3.05. The Kier molecular flexibility index (Phi) is 5.49. The van der Waals surface area contributed by atoms with Gasteiger partial charge in [-0.15, -0.1) is 12.4 Å². The number of aryl methyl sites for hydroxylation is 1. The molecule has 1 amide bonds. The number of nitrogens with zero attached hydrogens (tertiary/aromatic N) is 2. The van der Waals surface area contributed by atoms with Gasteiger partial charge in [0, 0.05) is 11.3 Å². The molecule has 1 heterocycles. The van der Waals surface area contributed by atoms with Crippen molar-refractivity contribution in [1.29, 1.82) is 0 Å². The van der Waals surface area contributed by atoms with Gasteiger partial charge in [-0.1, -0.05) is 23.4 Å². The molecule has 0 radical (unpaired) electrons. The maximum absolute atomic E-state index is 13.8. The molecule has 0 aliphatic heterocycles. The van der Waals surface area contributed by atoms with Crippen LogP contribution in [-0.2, 0) is 5.54 Å². The molecule has 0 unspecified atom stereocenters. The van der Waals surface area contributed by atoms with Crippen LogP contribution in [0.15, 0.2) is 47.0 Å². The molecule has 146 valence electrons. The number of nitrogens with one attached hydrogen (secondary N) is 1. The Bertz CT molecular complexity index is 1020. The fraction of sp³-hybridized carbons (Fsp3) is 0.250. The predicted octanol–water partition coefficient (Wildman–Crippen LogP) is 4.20. The molecule has 0 atom stereocenters. The molecule has 8 heteroatoms. The minimum atomic E-state index is -0.570. The summed E-state index contributed by atoms with van der Waals surface area (Å²) in [6.07, 6.45) is 2.73. The van der Waals surface area contributed by atoms with Crippen LogP contribution in [0.4, 0.5) is 10.1 Å². The van der Waals surface area contributed by atoms with E-state index in [4.69, 9.17) is 10.3 Å². The molecule has 2 aromatic carbocycles. The standard InChI is InChI=1S/C20H19FN4O2.ClH/c1-12-7-8-13(18-24-19(25-27-18)20(22)9-4-10-20)11-16(12)23-17(26)14-5-2-3-6-15(14)21;/h2-3,5-8,11H,4,9-10,22H2,1H3,(H,23,26);1H. The van der Waals surface area contributed by atoms with Crippen LogP contribution in [0.25, 0.3) is 11.5 Å². The van der Waals surface area contributed by atoms with Crippen molar-refractivity contribution >= 4 is 24.0 Å². The zero-order valence-corrected chi connectivity index (χ0v) is 16.1. The lowest BCUT2D eigenvalue weighted by atomic mass is 9.77. The van der Waals surface area contributed by atoms with Crippen LogP contribution in [0.2, 0.25) is 0 Å². The number of nitrogens with two attached hydrogens (primary N) is 1. The first-order chi connectivity index (χ1) is 13.0. The highest BCUT2D eigenvalue weighted by Crippen LogP contribution is 2.38. The van der Waals surface area contributed by atoms with Crippen molar-refractivity contribution in [3.63, 3.8) is 0 Å². The maximum Gasteiger partial charge on any atom is 0.258 e. The normalized spacial score (nSPS) is 14.7. The molecule has 1 aromatic heterocycles. The first-order valence-corrected chi connectivity index (χ1v) is 8.76. The van der Waals surface area contributed by atoms with Crippen LogP contribution in [0.1, 0.15) is 41.0 Å². The molecule has 1 fully saturated rings. The van der Waals surface area contributed by atoms with E-state index < -0.39 is 17.3 Å². The summed E-state index contributed by atoms with van der Waals surface area (Å²) in [5.41, 5.74) is 7.75. The summed E-state index contributed by atoms with van der Waals surface area (Å²) >= 11 is 0. The topological polar surface area (TPSA) is 94.0 Å². The van der Waals surface area contributed by atoms with Crippen molar-refractivity contribution in [1.82, 2.24) is 10.1 Å². The largest absolute Gasteiger partial charge is 0.334 e. The number of hydrogen-bond acceptors (Lipinski definition) is 5. The lowest BCUT2D eigenvalue weighted by Gasteiger charge is -2.34. The van der Waals surface area contributed by atoms with Crippen molar-refractivity contribution in [2.24, 2.45) is 5.73 Å². The van der Waals surface area contributed by atoms with Crippen molar-refractivity contribution < 1.29 is 13.7 Å². The summed E-state index contributed by atoms with van der Waals surface area (Å²) in [5.74, 6) is -0.251. The Morgan fingerprint density at radius 3 is 2.68 bits per heavy atom. The second-order valence-electron chi connectivity index (χ2n) is 6.90. The van der Waals surface area contributed by atoms with Crippen molar-refractivity contribution in [3.05, 3.63) is 65.2 Å². The number of anilines is 1. The lowest BCUT2D eigenvalue weighted by Crippen LogP contribution is -2.44. The van der Waals surface area contributed by atoms with Gasteiger partial charge in [0.15, 0.2) is 5.82 Å². The molecule has 1 saturated carbocycles. The minimum Gasteiger partial charge on any atom is -0.334 e. The molecule has 4 rings (SSSR count). The Labute approximate surface area is 167 Å². The van der Waals surface area contributed by atoms with Gasteiger partial charge in [-0.3, -0.25) is 4.79 Å². The van der Waals surface area contributed by atoms with E-state index in [0.717, 1.165) is 24.8 Å². The van der Waals surface area contributed by atoms with Gasteiger partial charge in [0.2, 0.25) is 0 Å². The quantitative estimate of drug-likeness (QED) is 0.682. The smallest absolute Gasteiger partial charge is 0.258 e. The zero-order chi connectivity index (χ0) is 19.0. The van der Waals surface area contributed by atoms with E-state index in [1.54, 1.807) is 12.1 Å². The molecule has 3 aromatic rings. The van der Waals surface area contributed by atoms with Gasteiger partial charge in [0.05, 0.1) is 11.1 Å². The van der Waals surface area contributed by atoms with E-state index in [0.29, 0.717) is 23.0 Å². The van der Waals surface area contributed by atoms with Gasteiger partial charge in [-0.2, -0.15) is 4.98 Å². The van der Waals surface area contributed by atoms with Crippen molar-refractivity contribution in [2.75, 3.05) is 5.32 Å². The molecule has 1 aliphatic rings. The summed E-state index contributed by atoms with van der Waals surface area (Å²) in [7, 11) is 0. The van der Waals surface area contributed by atoms with Gasteiger partial charge in [-0.25, -0.2) is 4.39 Å². The predicted molar refractivity (Wildman–Crippen MR) is 106 cm³/mol. The summed E-state index contributed by atoms with van der Waals surface area (Å²) < 4.78 is 19.2. The third kappa shape index (κ3) is 3.63. The van der Waals surface area contributed by atoms with E-state index in [2.05, 4.69) is 15.5 Å². The number of benzene rings is 2. The average molecular weight is 403 g/mol. The summed E-state index contributed by atoms with van der Waals surface area (Å²) in [6, 6.07) is 11.2. The molecule has 28 heavy (non-hydrogen) atoms. The Morgan fingerprint density at radius 2 is 2.00 bits per heavy atom. The summed E-state index contributed by atoms with van der Waals surface area (Å²) in [5, 5.41) is 6.75. The van der Waals surface area contributed by atoms with Crippen LogP contribution in [-0.4, -0.2) is 16.0 Å².